The van der Waals surface area contributed by atoms with Gasteiger partial charge in [0.1, 0.15) is 0 Å². The molecule has 0 heterocycles. The molecule has 1 aliphatic rings. The zero-order chi connectivity index (χ0) is 14.5. The van der Waals surface area contributed by atoms with Crippen LogP contribution in [0.2, 0.25) is 0 Å². The summed E-state index contributed by atoms with van der Waals surface area (Å²) in [7, 11) is 1.72. The highest BCUT2D eigenvalue weighted by molar-refractivity contribution is 7.99. The summed E-state index contributed by atoms with van der Waals surface area (Å²) in [5, 5.41) is 3.60. The van der Waals surface area contributed by atoms with Gasteiger partial charge in [-0.2, -0.15) is 11.8 Å². The summed E-state index contributed by atoms with van der Waals surface area (Å²) < 4.78 is 40.1. The smallest absolute Gasteiger partial charge is 0.194 e. The van der Waals surface area contributed by atoms with Crippen LogP contribution in [0.3, 0.4) is 0 Å². The molecule has 0 aliphatic heterocycles. The van der Waals surface area contributed by atoms with Gasteiger partial charge in [-0.3, -0.25) is 0 Å². The number of hydrogen-bond donors (Lipinski definition) is 1. The van der Waals surface area contributed by atoms with Crippen molar-refractivity contribution in [2.45, 2.75) is 43.4 Å². The highest BCUT2D eigenvalue weighted by Crippen LogP contribution is 2.32. The predicted molar refractivity (Wildman–Crippen MR) is 77.4 cm³/mol. The average molecular weight is 303 g/mol. The van der Waals surface area contributed by atoms with Gasteiger partial charge in [-0.05, 0) is 26.0 Å². The Hall–Kier alpha value is -0.680. The molecule has 1 nitrogen and oxygen atoms in total. The van der Waals surface area contributed by atoms with E-state index in [-0.39, 0.29) is 11.6 Å². The van der Waals surface area contributed by atoms with E-state index in [2.05, 4.69) is 5.32 Å². The van der Waals surface area contributed by atoms with Gasteiger partial charge < -0.3 is 5.32 Å². The van der Waals surface area contributed by atoms with Crippen molar-refractivity contribution in [2.24, 2.45) is 0 Å². The van der Waals surface area contributed by atoms with Crippen molar-refractivity contribution < 1.29 is 13.2 Å². The Bertz CT molecular complexity index is 447. The van der Waals surface area contributed by atoms with Crippen LogP contribution < -0.4 is 5.32 Å². The number of thioether (sulfide) groups is 1. The van der Waals surface area contributed by atoms with E-state index in [4.69, 9.17) is 0 Å². The third-order valence-electron chi connectivity index (χ3n) is 3.84. The topological polar surface area (TPSA) is 12.0 Å². The van der Waals surface area contributed by atoms with Crippen LogP contribution in [0.4, 0.5) is 13.2 Å². The van der Waals surface area contributed by atoms with E-state index in [1.54, 1.807) is 18.8 Å². The summed E-state index contributed by atoms with van der Waals surface area (Å²) in [6.45, 7) is 0. The Morgan fingerprint density at radius 2 is 1.85 bits per heavy atom. The minimum atomic E-state index is -1.38. The lowest BCUT2D eigenvalue weighted by Gasteiger charge is -2.24. The van der Waals surface area contributed by atoms with E-state index in [0.29, 0.717) is 11.0 Å². The molecule has 1 aromatic carbocycles. The monoisotopic (exact) mass is 303 g/mol. The molecular formula is C15H20F3NS. The molecule has 0 amide bonds. The van der Waals surface area contributed by atoms with Crippen LogP contribution in [0.1, 0.15) is 43.7 Å². The molecule has 0 saturated heterocycles. The Kier molecular flexibility index (Phi) is 5.78. The van der Waals surface area contributed by atoms with Gasteiger partial charge in [-0.1, -0.05) is 25.3 Å². The summed E-state index contributed by atoms with van der Waals surface area (Å²) in [5.74, 6) is -2.93. The van der Waals surface area contributed by atoms with E-state index < -0.39 is 17.5 Å². The van der Waals surface area contributed by atoms with Crippen LogP contribution in [0.25, 0.3) is 0 Å². The molecule has 0 bridgehead atoms. The summed E-state index contributed by atoms with van der Waals surface area (Å²) >= 11 is 1.80. The fourth-order valence-corrected chi connectivity index (χ4v) is 4.08. The molecule has 1 unspecified atom stereocenters. The molecule has 1 atom stereocenters. The Balaban J connectivity index is 2.02. The largest absolute Gasteiger partial charge is 0.312 e. The second-order valence-corrected chi connectivity index (χ2v) is 6.53. The molecule has 0 aromatic heterocycles. The maximum absolute atomic E-state index is 13.8. The normalized spacial score (nSPS) is 18.2. The summed E-state index contributed by atoms with van der Waals surface area (Å²) in [6.07, 6.45) is 6.19. The van der Waals surface area contributed by atoms with Crippen molar-refractivity contribution in [3.8, 4) is 0 Å². The zero-order valence-electron chi connectivity index (χ0n) is 11.6. The van der Waals surface area contributed by atoms with Crippen LogP contribution >= 0.6 is 11.8 Å². The average Bonchev–Trinajstić information content (AvgIpc) is 2.48. The van der Waals surface area contributed by atoms with Crippen molar-refractivity contribution in [3.05, 3.63) is 35.1 Å². The van der Waals surface area contributed by atoms with Crippen LogP contribution in [0.5, 0.6) is 0 Å². The van der Waals surface area contributed by atoms with Gasteiger partial charge in [0.05, 0.1) is 0 Å². The van der Waals surface area contributed by atoms with Crippen LogP contribution in [-0.2, 0) is 0 Å². The van der Waals surface area contributed by atoms with Gasteiger partial charge in [0.2, 0.25) is 0 Å². The SMILES string of the molecule is CNC(CSC1CCCCC1)c1ccc(F)c(F)c1F. The van der Waals surface area contributed by atoms with Gasteiger partial charge in [0.15, 0.2) is 17.5 Å². The maximum Gasteiger partial charge on any atom is 0.194 e. The molecule has 0 spiro atoms. The lowest BCUT2D eigenvalue weighted by molar-refractivity contribution is 0.433. The van der Waals surface area contributed by atoms with Crippen molar-refractivity contribution >= 4 is 11.8 Å². The summed E-state index contributed by atoms with van der Waals surface area (Å²) in [5.41, 5.74) is 0.203. The molecule has 1 aromatic rings. The first kappa shape index (κ1) is 15.7. The molecule has 1 fully saturated rings. The maximum atomic E-state index is 13.8. The first-order valence-electron chi connectivity index (χ1n) is 7.05. The molecule has 20 heavy (non-hydrogen) atoms. The third kappa shape index (κ3) is 3.70. The first-order valence-corrected chi connectivity index (χ1v) is 8.10. The number of halogens is 3. The predicted octanol–water partition coefficient (Wildman–Crippen LogP) is 4.43. The molecular weight excluding hydrogens is 283 g/mol. The van der Waals surface area contributed by atoms with E-state index in [9.17, 15) is 13.2 Å². The van der Waals surface area contributed by atoms with Crippen molar-refractivity contribution in [3.63, 3.8) is 0 Å². The standard InChI is InChI=1S/C15H20F3NS/c1-19-13(9-20-10-5-3-2-4-6-10)11-7-8-12(16)15(18)14(11)17/h7-8,10,13,19H,2-6,9H2,1H3. The highest BCUT2D eigenvalue weighted by atomic mass is 32.2. The minimum absolute atomic E-state index is 0.203. The van der Waals surface area contributed by atoms with Crippen molar-refractivity contribution in [1.29, 1.82) is 0 Å². The fourth-order valence-electron chi connectivity index (χ4n) is 2.60. The van der Waals surface area contributed by atoms with Crippen LogP contribution in [0.15, 0.2) is 12.1 Å². The Morgan fingerprint density at radius 1 is 1.15 bits per heavy atom. The minimum Gasteiger partial charge on any atom is -0.312 e. The third-order valence-corrected chi connectivity index (χ3v) is 5.31. The van der Waals surface area contributed by atoms with Gasteiger partial charge in [0, 0.05) is 22.6 Å². The Morgan fingerprint density at radius 3 is 2.50 bits per heavy atom. The molecule has 1 aliphatic carbocycles. The van der Waals surface area contributed by atoms with Gasteiger partial charge in [0.25, 0.3) is 0 Å². The number of benzene rings is 1. The number of rotatable bonds is 5. The fraction of sp³-hybridized carbons (Fsp3) is 0.600. The second kappa shape index (κ2) is 7.36. The quantitative estimate of drug-likeness (QED) is 0.808. The summed E-state index contributed by atoms with van der Waals surface area (Å²) in [6, 6.07) is 2.02. The number of nitrogens with one attached hydrogen (secondary N) is 1. The molecule has 0 radical (unpaired) electrons. The summed E-state index contributed by atoms with van der Waals surface area (Å²) in [4.78, 5) is 0. The molecule has 112 valence electrons. The lowest BCUT2D eigenvalue weighted by atomic mass is 10.0. The van der Waals surface area contributed by atoms with E-state index in [1.165, 1.54) is 38.2 Å². The second-order valence-electron chi connectivity index (χ2n) is 5.20. The van der Waals surface area contributed by atoms with Crippen molar-refractivity contribution in [2.75, 3.05) is 12.8 Å². The molecule has 5 heteroatoms. The molecule has 1 N–H and O–H groups in total. The molecule has 1 saturated carbocycles. The van der Waals surface area contributed by atoms with Crippen LogP contribution in [-0.4, -0.2) is 18.1 Å². The highest BCUT2D eigenvalue weighted by Gasteiger charge is 2.22. The van der Waals surface area contributed by atoms with E-state index in [1.807, 2.05) is 0 Å². The first-order chi connectivity index (χ1) is 9.63. The van der Waals surface area contributed by atoms with E-state index >= 15 is 0 Å². The molecule has 2 rings (SSSR count). The van der Waals surface area contributed by atoms with Crippen LogP contribution in [0, 0.1) is 17.5 Å². The van der Waals surface area contributed by atoms with Gasteiger partial charge >= 0.3 is 0 Å². The lowest BCUT2D eigenvalue weighted by Crippen LogP contribution is -2.22. The van der Waals surface area contributed by atoms with E-state index in [0.717, 1.165) is 6.07 Å². The van der Waals surface area contributed by atoms with Gasteiger partial charge in [-0.15, -0.1) is 0 Å². The zero-order valence-corrected chi connectivity index (χ0v) is 12.4. The van der Waals surface area contributed by atoms with Crippen molar-refractivity contribution in [1.82, 2.24) is 5.32 Å². The number of hydrogen-bond acceptors (Lipinski definition) is 2. The Labute approximate surface area is 122 Å². The van der Waals surface area contributed by atoms with Gasteiger partial charge in [-0.25, -0.2) is 13.2 Å².